The Morgan fingerprint density at radius 1 is 1.00 bits per heavy atom. The summed E-state index contributed by atoms with van der Waals surface area (Å²) in [6.45, 7) is 9.11. The first kappa shape index (κ1) is 23.0. The summed E-state index contributed by atoms with van der Waals surface area (Å²) < 4.78 is 0. The van der Waals surface area contributed by atoms with Gasteiger partial charge in [0.05, 0.1) is 5.75 Å². The molecule has 2 rings (SSSR count). The van der Waals surface area contributed by atoms with Crippen LogP contribution in [-0.4, -0.2) is 41.6 Å². The molecule has 0 aliphatic rings. The highest BCUT2D eigenvalue weighted by Gasteiger charge is 2.25. The molecule has 2 amide bonds. The van der Waals surface area contributed by atoms with Gasteiger partial charge < -0.3 is 10.2 Å². The molecule has 0 aliphatic heterocycles. The maximum Gasteiger partial charge on any atom is 0.242 e. The van der Waals surface area contributed by atoms with Gasteiger partial charge >= 0.3 is 0 Å². The molecule has 1 atom stereocenters. The molecule has 0 aliphatic carbocycles. The molecule has 0 saturated carbocycles. The number of rotatable bonds is 10. The van der Waals surface area contributed by atoms with Crippen molar-refractivity contribution in [3.63, 3.8) is 0 Å². The molecular formula is C24H32N2O2S. The van der Waals surface area contributed by atoms with Crippen LogP contribution in [0.1, 0.15) is 31.9 Å². The fraction of sp³-hybridized carbons (Fsp3) is 0.417. The van der Waals surface area contributed by atoms with Gasteiger partial charge in [-0.15, -0.1) is 11.8 Å². The Morgan fingerprint density at radius 3 is 2.28 bits per heavy atom. The predicted octanol–water partition coefficient (Wildman–Crippen LogP) is 4.32. The fourth-order valence-corrected chi connectivity index (χ4v) is 3.67. The van der Waals surface area contributed by atoms with Crippen molar-refractivity contribution in [3.8, 4) is 0 Å². The number of nitrogens with zero attached hydrogens (tertiary/aromatic N) is 1. The Morgan fingerprint density at radius 2 is 1.66 bits per heavy atom. The minimum atomic E-state index is -0.497. The van der Waals surface area contributed by atoms with Gasteiger partial charge in [0.2, 0.25) is 11.8 Å². The van der Waals surface area contributed by atoms with Crippen LogP contribution >= 0.6 is 11.8 Å². The summed E-state index contributed by atoms with van der Waals surface area (Å²) in [5.41, 5.74) is 2.35. The summed E-state index contributed by atoms with van der Waals surface area (Å²) in [5.74, 6) is 0.579. The highest BCUT2D eigenvalue weighted by Crippen LogP contribution is 2.19. The first-order chi connectivity index (χ1) is 13.9. The molecule has 2 aromatic rings. The maximum atomic E-state index is 13.0. The number of nitrogens with one attached hydrogen (secondary N) is 1. The van der Waals surface area contributed by atoms with Crippen LogP contribution in [0.2, 0.25) is 0 Å². The molecule has 156 valence electrons. The van der Waals surface area contributed by atoms with Gasteiger partial charge in [0.1, 0.15) is 6.04 Å². The van der Waals surface area contributed by atoms with Crippen molar-refractivity contribution in [1.29, 1.82) is 0 Å². The van der Waals surface area contributed by atoms with Gasteiger partial charge in [0, 0.05) is 18.0 Å². The van der Waals surface area contributed by atoms with E-state index in [4.69, 9.17) is 0 Å². The summed E-state index contributed by atoms with van der Waals surface area (Å²) in [5, 5.41) is 2.96. The molecule has 2 aromatic carbocycles. The highest BCUT2D eigenvalue weighted by molar-refractivity contribution is 8.00. The van der Waals surface area contributed by atoms with Crippen LogP contribution < -0.4 is 5.32 Å². The van der Waals surface area contributed by atoms with Crippen molar-refractivity contribution in [2.24, 2.45) is 5.92 Å². The Labute approximate surface area is 179 Å². The summed E-state index contributed by atoms with van der Waals surface area (Å²) in [6, 6.07) is 17.7. The third kappa shape index (κ3) is 7.94. The molecule has 0 spiro atoms. The highest BCUT2D eigenvalue weighted by atomic mass is 32.2. The minimum absolute atomic E-state index is 0.0151. The Kier molecular flexibility index (Phi) is 9.26. The predicted molar refractivity (Wildman–Crippen MR) is 121 cm³/mol. The third-order valence-corrected chi connectivity index (χ3v) is 5.72. The van der Waals surface area contributed by atoms with Crippen LogP contribution in [0.5, 0.6) is 0 Å². The van der Waals surface area contributed by atoms with Gasteiger partial charge in [0.15, 0.2) is 0 Å². The van der Waals surface area contributed by atoms with Crippen LogP contribution in [0.4, 0.5) is 0 Å². The molecule has 0 radical (unpaired) electrons. The first-order valence-electron chi connectivity index (χ1n) is 10.2. The van der Waals surface area contributed by atoms with Crippen molar-refractivity contribution in [1.82, 2.24) is 10.2 Å². The molecule has 0 aromatic heterocycles. The fourth-order valence-electron chi connectivity index (χ4n) is 2.89. The maximum absolute atomic E-state index is 13.0. The normalized spacial score (nSPS) is 11.9. The van der Waals surface area contributed by atoms with E-state index >= 15 is 0 Å². The van der Waals surface area contributed by atoms with E-state index < -0.39 is 6.04 Å². The average molecular weight is 413 g/mol. The van der Waals surface area contributed by atoms with Crippen LogP contribution in [0, 0.1) is 12.8 Å². The van der Waals surface area contributed by atoms with Gasteiger partial charge in [-0.05, 0) is 43.9 Å². The molecule has 0 saturated heterocycles. The van der Waals surface area contributed by atoms with Gasteiger partial charge in [-0.25, -0.2) is 0 Å². The van der Waals surface area contributed by atoms with Gasteiger partial charge in [-0.3, -0.25) is 9.59 Å². The van der Waals surface area contributed by atoms with E-state index in [-0.39, 0.29) is 11.8 Å². The number of carbonyl (C=O) groups excluding carboxylic acids is 2. The average Bonchev–Trinajstić information content (AvgIpc) is 2.72. The molecule has 29 heavy (non-hydrogen) atoms. The monoisotopic (exact) mass is 412 g/mol. The summed E-state index contributed by atoms with van der Waals surface area (Å²) in [4.78, 5) is 28.4. The Bertz CT molecular complexity index is 775. The van der Waals surface area contributed by atoms with E-state index in [1.807, 2.05) is 68.4 Å². The van der Waals surface area contributed by atoms with Crippen molar-refractivity contribution >= 4 is 23.6 Å². The number of thioether (sulfide) groups is 1. The molecule has 5 heteroatoms. The number of aryl methyl sites for hydroxylation is 1. The van der Waals surface area contributed by atoms with Crippen molar-refractivity contribution < 1.29 is 9.59 Å². The second-order valence-corrected chi connectivity index (χ2v) is 8.79. The summed E-state index contributed by atoms with van der Waals surface area (Å²) >= 11 is 1.51. The summed E-state index contributed by atoms with van der Waals surface area (Å²) in [7, 11) is 0. The van der Waals surface area contributed by atoms with Gasteiger partial charge in [0.25, 0.3) is 0 Å². The Hall–Kier alpha value is -2.27. The van der Waals surface area contributed by atoms with Gasteiger partial charge in [-0.1, -0.05) is 61.9 Å². The van der Waals surface area contributed by atoms with E-state index in [0.29, 0.717) is 24.8 Å². The first-order valence-corrected chi connectivity index (χ1v) is 11.2. The lowest BCUT2D eigenvalue weighted by Crippen LogP contribution is -2.50. The van der Waals surface area contributed by atoms with E-state index in [1.54, 1.807) is 4.90 Å². The quantitative estimate of drug-likeness (QED) is 0.591. The van der Waals surface area contributed by atoms with E-state index in [9.17, 15) is 9.59 Å². The molecule has 0 unspecified atom stereocenters. The largest absolute Gasteiger partial charge is 0.354 e. The number of amides is 2. The standard InChI is InChI=1S/C24H32N2O2S/c1-18(2)16-25-24(28)20(4)26(15-14-21-8-6-5-7-9-21)23(27)17-29-22-12-10-19(3)11-13-22/h5-13,18,20H,14-17H2,1-4H3,(H,25,28)/t20-/m1/s1. The molecule has 0 heterocycles. The van der Waals surface area contributed by atoms with Gasteiger partial charge in [-0.2, -0.15) is 0 Å². The third-order valence-electron chi connectivity index (χ3n) is 4.72. The lowest BCUT2D eigenvalue weighted by atomic mass is 10.1. The second kappa shape index (κ2) is 11.7. The van der Waals surface area contributed by atoms with Crippen molar-refractivity contribution in [2.45, 2.75) is 45.1 Å². The molecule has 1 N–H and O–H groups in total. The van der Waals surface area contributed by atoms with Crippen LogP contribution in [-0.2, 0) is 16.0 Å². The molecule has 0 fully saturated rings. The zero-order valence-corrected chi connectivity index (χ0v) is 18.7. The number of benzene rings is 2. The SMILES string of the molecule is Cc1ccc(SCC(=O)N(CCc2ccccc2)[C@H](C)C(=O)NCC(C)C)cc1. The lowest BCUT2D eigenvalue weighted by molar-refractivity contribution is -0.138. The van der Waals surface area contributed by atoms with Crippen molar-refractivity contribution in [3.05, 3.63) is 65.7 Å². The zero-order chi connectivity index (χ0) is 21.2. The van der Waals surface area contributed by atoms with Crippen LogP contribution in [0.25, 0.3) is 0 Å². The second-order valence-electron chi connectivity index (χ2n) is 7.74. The van der Waals surface area contributed by atoms with Crippen LogP contribution in [0.15, 0.2) is 59.5 Å². The molecule has 4 nitrogen and oxygen atoms in total. The van der Waals surface area contributed by atoms with Crippen LogP contribution in [0.3, 0.4) is 0 Å². The molecule has 0 bridgehead atoms. The zero-order valence-electron chi connectivity index (χ0n) is 17.9. The van der Waals surface area contributed by atoms with Crippen molar-refractivity contribution in [2.75, 3.05) is 18.8 Å². The minimum Gasteiger partial charge on any atom is -0.354 e. The number of hydrogen-bond acceptors (Lipinski definition) is 3. The molecular weight excluding hydrogens is 380 g/mol. The lowest BCUT2D eigenvalue weighted by Gasteiger charge is -2.29. The number of hydrogen-bond donors (Lipinski definition) is 1. The van der Waals surface area contributed by atoms with E-state index in [1.165, 1.54) is 17.3 Å². The smallest absolute Gasteiger partial charge is 0.242 e. The summed E-state index contributed by atoms with van der Waals surface area (Å²) in [6.07, 6.45) is 0.726. The number of carbonyl (C=O) groups is 2. The topological polar surface area (TPSA) is 49.4 Å². The van der Waals surface area contributed by atoms with E-state index in [0.717, 1.165) is 16.9 Å². The Balaban J connectivity index is 2.03. The van der Waals surface area contributed by atoms with E-state index in [2.05, 4.69) is 19.2 Å².